The van der Waals surface area contributed by atoms with Gasteiger partial charge in [0.15, 0.2) is 0 Å². The average molecular weight is 411 g/mol. The summed E-state index contributed by atoms with van der Waals surface area (Å²) in [6.07, 6.45) is 11.9. The third-order valence-corrected chi connectivity index (χ3v) is 5.07. The molecule has 0 aliphatic rings. The maximum absolute atomic E-state index is 10.2. The molecule has 0 heterocycles. The minimum Gasteiger partial charge on any atom is -0.748 e. The second-order valence-electron chi connectivity index (χ2n) is 6.06. The molecule has 0 aromatic carbocycles. The van der Waals surface area contributed by atoms with Gasteiger partial charge in [-0.3, -0.25) is 0 Å². The van der Waals surface area contributed by atoms with Crippen LogP contribution in [0.2, 0.25) is 0 Å². The van der Waals surface area contributed by atoms with Crippen molar-refractivity contribution in [2.45, 2.75) is 90.9 Å². The smallest absolute Gasteiger partial charge is 0.748 e. The average Bonchev–Trinajstić information content (AvgIpc) is 2.45. The largest absolute Gasteiger partial charge is 2.00 e. The van der Waals surface area contributed by atoms with Gasteiger partial charge in [-0.1, -0.05) is 78.1 Å². The topological polar surface area (TPSA) is 114 Å². The predicted molar refractivity (Wildman–Crippen MR) is 102 cm³/mol. The van der Waals surface area contributed by atoms with Gasteiger partial charge in [0.2, 0.25) is 0 Å². The fourth-order valence-electron chi connectivity index (χ4n) is 2.12. The van der Waals surface area contributed by atoms with Gasteiger partial charge in [-0.05, 0) is 12.8 Å². The zero-order valence-corrected chi connectivity index (χ0v) is 18.9. The quantitative estimate of drug-likeness (QED) is 0.246. The van der Waals surface area contributed by atoms with Crippen molar-refractivity contribution in [1.82, 2.24) is 0 Å². The van der Waals surface area contributed by atoms with Crippen molar-refractivity contribution >= 4 is 43.3 Å². The molecular weight excluding hydrogens is 377 g/mol. The molecule has 0 fully saturated rings. The Morgan fingerprint density at radius 1 is 0.520 bits per heavy atom. The Labute approximate surface area is 171 Å². The molecule has 0 spiro atoms. The van der Waals surface area contributed by atoms with Crippen molar-refractivity contribution in [1.29, 1.82) is 0 Å². The molecule has 0 N–H and O–H groups in total. The van der Waals surface area contributed by atoms with Crippen molar-refractivity contribution in [3.63, 3.8) is 0 Å². The molecule has 148 valence electrons. The van der Waals surface area contributed by atoms with Crippen LogP contribution in [0.3, 0.4) is 0 Å². The molecule has 0 aromatic rings. The maximum Gasteiger partial charge on any atom is 2.00 e. The molecular formula is C16H34MgO6S2. The number of hydrogen-bond acceptors (Lipinski definition) is 6. The van der Waals surface area contributed by atoms with E-state index >= 15 is 0 Å². The van der Waals surface area contributed by atoms with Crippen LogP contribution in [0, 0.1) is 0 Å². The molecule has 9 heteroatoms. The van der Waals surface area contributed by atoms with Crippen LogP contribution in [0.25, 0.3) is 0 Å². The normalized spacial score (nSPS) is 11.4. The summed E-state index contributed by atoms with van der Waals surface area (Å²) in [4.78, 5) is 0. The summed E-state index contributed by atoms with van der Waals surface area (Å²) in [5.41, 5.74) is 0. The van der Waals surface area contributed by atoms with Gasteiger partial charge in [0.1, 0.15) is 0 Å². The van der Waals surface area contributed by atoms with Gasteiger partial charge in [-0.25, -0.2) is 16.8 Å². The summed E-state index contributed by atoms with van der Waals surface area (Å²) in [5.74, 6) is -0.391. The minimum atomic E-state index is -3.97. The molecule has 0 saturated carbocycles. The molecule has 0 saturated heterocycles. The van der Waals surface area contributed by atoms with Crippen LogP contribution in [-0.2, 0) is 20.2 Å². The molecule has 0 aliphatic carbocycles. The standard InChI is InChI=1S/2C8H18O3S.Mg/c2*1-2-3-4-5-6-7-8-12(9,10)11;/h2*2-8H2,1H3,(H,9,10,11);/q;;+2/p-2. The van der Waals surface area contributed by atoms with Crippen LogP contribution in [-0.4, -0.2) is 60.5 Å². The first-order valence-electron chi connectivity index (χ1n) is 8.99. The first-order valence-corrected chi connectivity index (χ1v) is 12.1. The molecule has 0 atom stereocenters. The summed E-state index contributed by atoms with van der Waals surface area (Å²) >= 11 is 0. The Bertz CT molecular complexity index is 419. The van der Waals surface area contributed by atoms with Gasteiger partial charge in [-0.15, -0.1) is 0 Å². The van der Waals surface area contributed by atoms with Gasteiger partial charge in [0.25, 0.3) is 0 Å². The number of rotatable bonds is 14. The Morgan fingerprint density at radius 3 is 1.00 bits per heavy atom. The second kappa shape index (κ2) is 19.4. The van der Waals surface area contributed by atoms with E-state index in [2.05, 4.69) is 13.8 Å². The fraction of sp³-hybridized carbons (Fsp3) is 1.00. The fourth-order valence-corrected chi connectivity index (χ4v) is 3.23. The van der Waals surface area contributed by atoms with Crippen molar-refractivity contribution in [3.8, 4) is 0 Å². The van der Waals surface area contributed by atoms with Crippen LogP contribution in [0.5, 0.6) is 0 Å². The monoisotopic (exact) mass is 410 g/mol. The van der Waals surface area contributed by atoms with Gasteiger partial charge in [-0.2, -0.15) is 0 Å². The van der Waals surface area contributed by atoms with E-state index in [1.165, 1.54) is 25.7 Å². The van der Waals surface area contributed by atoms with E-state index < -0.39 is 20.2 Å². The Kier molecular flexibility index (Phi) is 23.5. The summed E-state index contributed by atoms with van der Waals surface area (Å²) < 4.78 is 61.0. The SMILES string of the molecule is CCCCCCCCS(=O)(=O)[O-].CCCCCCCCS(=O)(=O)[O-].[Mg+2]. The van der Waals surface area contributed by atoms with Gasteiger partial charge < -0.3 is 9.11 Å². The van der Waals surface area contributed by atoms with E-state index in [-0.39, 0.29) is 34.6 Å². The van der Waals surface area contributed by atoms with Crippen LogP contribution < -0.4 is 0 Å². The van der Waals surface area contributed by atoms with Crippen molar-refractivity contribution < 1.29 is 25.9 Å². The van der Waals surface area contributed by atoms with E-state index in [4.69, 9.17) is 0 Å². The predicted octanol–water partition coefficient (Wildman–Crippen LogP) is 3.40. The molecule has 6 nitrogen and oxygen atoms in total. The van der Waals surface area contributed by atoms with E-state index in [0.717, 1.165) is 38.5 Å². The van der Waals surface area contributed by atoms with Crippen molar-refractivity contribution in [2.75, 3.05) is 11.5 Å². The molecule has 25 heavy (non-hydrogen) atoms. The molecule has 0 amide bonds. The number of unbranched alkanes of at least 4 members (excludes halogenated alkanes) is 10. The Hall–Kier alpha value is 0.586. The van der Waals surface area contributed by atoms with E-state index in [0.29, 0.717) is 12.8 Å². The summed E-state index contributed by atoms with van der Waals surface area (Å²) in [5, 5.41) is 0. The van der Waals surface area contributed by atoms with Crippen LogP contribution in [0.1, 0.15) is 90.9 Å². The molecule has 0 rings (SSSR count). The zero-order valence-electron chi connectivity index (χ0n) is 15.9. The maximum atomic E-state index is 10.2. The summed E-state index contributed by atoms with van der Waals surface area (Å²) in [7, 11) is -7.93. The number of hydrogen-bond donors (Lipinski definition) is 0. The first kappa shape index (κ1) is 30.3. The van der Waals surface area contributed by atoms with Gasteiger partial charge >= 0.3 is 23.1 Å². The summed E-state index contributed by atoms with van der Waals surface area (Å²) in [6.45, 7) is 4.25. The van der Waals surface area contributed by atoms with Crippen molar-refractivity contribution in [3.05, 3.63) is 0 Å². The summed E-state index contributed by atoms with van der Waals surface area (Å²) in [6, 6.07) is 0. The van der Waals surface area contributed by atoms with E-state index in [1.807, 2.05) is 0 Å². The van der Waals surface area contributed by atoms with Crippen LogP contribution in [0.4, 0.5) is 0 Å². The van der Waals surface area contributed by atoms with E-state index in [9.17, 15) is 25.9 Å². The second-order valence-corrected chi connectivity index (χ2v) is 9.11. The van der Waals surface area contributed by atoms with E-state index in [1.54, 1.807) is 0 Å². The first-order chi connectivity index (χ1) is 11.1. The zero-order chi connectivity index (χ0) is 18.9. The molecule has 0 aromatic heterocycles. The molecule has 0 unspecified atom stereocenters. The Balaban J connectivity index is -0.000000372. The molecule has 0 aliphatic heterocycles. The minimum absolute atomic E-state index is 0. The van der Waals surface area contributed by atoms with Gasteiger partial charge in [0.05, 0.1) is 20.2 Å². The van der Waals surface area contributed by atoms with Gasteiger partial charge in [0, 0.05) is 11.5 Å². The van der Waals surface area contributed by atoms with Crippen molar-refractivity contribution in [2.24, 2.45) is 0 Å². The van der Waals surface area contributed by atoms with Crippen LogP contribution in [0.15, 0.2) is 0 Å². The molecule has 0 radical (unpaired) electrons. The molecule has 0 bridgehead atoms. The Morgan fingerprint density at radius 2 is 0.760 bits per heavy atom. The third-order valence-electron chi connectivity index (χ3n) is 3.50. The van der Waals surface area contributed by atoms with Crippen LogP contribution >= 0.6 is 0 Å². The third kappa shape index (κ3) is 36.3.